The van der Waals surface area contributed by atoms with Crippen LogP contribution in [0.15, 0.2) is 54.6 Å². The zero-order valence-electron chi connectivity index (χ0n) is 13.2. The molecule has 0 aliphatic rings. The van der Waals surface area contributed by atoms with Crippen molar-refractivity contribution in [2.75, 3.05) is 11.1 Å². The number of rotatable bonds is 5. The number of hydrogen-bond donors (Lipinski definition) is 2. The van der Waals surface area contributed by atoms with Gasteiger partial charge >= 0.3 is 0 Å². The molecule has 0 amide bonds. The van der Waals surface area contributed by atoms with Crippen molar-refractivity contribution in [1.82, 2.24) is 9.97 Å². The molecule has 0 aliphatic heterocycles. The van der Waals surface area contributed by atoms with Crippen LogP contribution in [0.25, 0.3) is 0 Å². The molecule has 5 nitrogen and oxygen atoms in total. The van der Waals surface area contributed by atoms with Crippen molar-refractivity contribution in [3.05, 3.63) is 70.9 Å². The van der Waals surface area contributed by atoms with Gasteiger partial charge in [0.2, 0.25) is 5.95 Å². The van der Waals surface area contributed by atoms with Crippen molar-refractivity contribution in [2.45, 2.75) is 13.5 Å². The highest BCUT2D eigenvalue weighted by Crippen LogP contribution is 2.23. The summed E-state index contributed by atoms with van der Waals surface area (Å²) >= 11 is 5.88. The van der Waals surface area contributed by atoms with Crippen LogP contribution in [0.1, 0.15) is 11.1 Å². The second-order valence-electron chi connectivity index (χ2n) is 5.36. The third kappa shape index (κ3) is 4.36. The van der Waals surface area contributed by atoms with Gasteiger partial charge in [0.05, 0.1) is 0 Å². The maximum atomic E-state index is 5.88. The number of benzene rings is 2. The molecule has 3 N–H and O–H groups in total. The number of ether oxygens (including phenoxy) is 1. The van der Waals surface area contributed by atoms with Crippen molar-refractivity contribution in [3.8, 4) is 5.75 Å². The number of nitrogen functional groups attached to an aromatic ring is 1. The normalized spacial score (nSPS) is 10.4. The number of nitrogens with one attached hydrogen (secondary N) is 1. The molecule has 0 unspecified atom stereocenters. The quantitative estimate of drug-likeness (QED) is 0.676. The van der Waals surface area contributed by atoms with Gasteiger partial charge < -0.3 is 15.8 Å². The van der Waals surface area contributed by atoms with Gasteiger partial charge in [0.1, 0.15) is 23.3 Å². The predicted molar refractivity (Wildman–Crippen MR) is 96.7 cm³/mol. The lowest BCUT2D eigenvalue weighted by Crippen LogP contribution is -2.00. The van der Waals surface area contributed by atoms with Gasteiger partial charge in [-0.2, -0.15) is 4.98 Å². The molecule has 0 fully saturated rings. The Balaban J connectivity index is 1.69. The van der Waals surface area contributed by atoms with E-state index < -0.39 is 0 Å². The molecule has 3 aromatic rings. The Bertz CT molecular complexity index is 834. The minimum atomic E-state index is 0.122. The summed E-state index contributed by atoms with van der Waals surface area (Å²) in [6, 6.07) is 17.4. The lowest BCUT2D eigenvalue weighted by atomic mass is 10.1. The van der Waals surface area contributed by atoms with Gasteiger partial charge in [0.25, 0.3) is 0 Å². The first-order valence-corrected chi connectivity index (χ1v) is 7.82. The number of anilines is 3. The first kappa shape index (κ1) is 16.1. The molecule has 122 valence electrons. The molecule has 0 aliphatic carbocycles. The standard InChI is InChI=1S/C18H17ClN4O/c1-12-4-2-5-13(8-12)11-24-15-7-3-6-14(9-15)21-17-10-16(19)22-18(20)23-17/h2-10H,11H2,1H3,(H3,20,21,22,23). The average molecular weight is 341 g/mol. The Hall–Kier alpha value is -2.79. The van der Waals surface area contributed by atoms with E-state index in [2.05, 4.69) is 34.3 Å². The maximum Gasteiger partial charge on any atom is 0.223 e. The largest absolute Gasteiger partial charge is 0.489 e. The highest BCUT2D eigenvalue weighted by Gasteiger charge is 2.03. The van der Waals surface area contributed by atoms with E-state index in [1.165, 1.54) is 5.56 Å². The second-order valence-corrected chi connectivity index (χ2v) is 5.75. The highest BCUT2D eigenvalue weighted by molar-refractivity contribution is 6.29. The van der Waals surface area contributed by atoms with Crippen LogP contribution in [0.3, 0.4) is 0 Å². The SMILES string of the molecule is Cc1cccc(COc2cccc(Nc3cc(Cl)nc(N)n3)c2)c1. The van der Waals surface area contributed by atoms with Crippen LogP contribution in [0.4, 0.5) is 17.5 Å². The second kappa shape index (κ2) is 7.19. The minimum Gasteiger partial charge on any atom is -0.489 e. The molecule has 3 rings (SSSR count). The fraction of sp³-hybridized carbons (Fsp3) is 0.111. The van der Waals surface area contributed by atoms with E-state index in [9.17, 15) is 0 Å². The number of nitrogens with two attached hydrogens (primary N) is 1. The van der Waals surface area contributed by atoms with Gasteiger partial charge in [-0.05, 0) is 24.6 Å². The van der Waals surface area contributed by atoms with Gasteiger partial charge in [-0.25, -0.2) is 4.98 Å². The smallest absolute Gasteiger partial charge is 0.223 e. The molecule has 0 bridgehead atoms. The van der Waals surface area contributed by atoms with E-state index in [0.29, 0.717) is 12.4 Å². The molecule has 0 radical (unpaired) electrons. The van der Waals surface area contributed by atoms with E-state index in [-0.39, 0.29) is 11.1 Å². The monoisotopic (exact) mass is 340 g/mol. The maximum absolute atomic E-state index is 5.88. The lowest BCUT2D eigenvalue weighted by Gasteiger charge is -2.10. The van der Waals surface area contributed by atoms with Crippen LogP contribution >= 0.6 is 11.6 Å². The summed E-state index contributed by atoms with van der Waals surface area (Å²) in [6.07, 6.45) is 0. The summed E-state index contributed by atoms with van der Waals surface area (Å²) in [5, 5.41) is 3.43. The van der Waals surface area contributed by atoms with E-state index in [4.69, 9.17) is 22.1 Å². The number of hydrogen-bond acceptors (Lipinski definition) is 5. The van der Waals surface area contributed by atoms with E-state index >= 15 is 0 Å². The van der Waals surface area contributed by atoms with Gasteiger partial charge in [0, 0.05) is 17.8 Å². The molecular weight excluding hydrogens is 324 g/mol. The summed E-state index contributed by atoms with van der Waals surface area (Å²) in [5.41, 5.74) is 8.76. The van der Waals surface area contributed by atoms with Crippen LogP contribution in [0.2, 0.25) is 5.15 Å². The van der Waals surface area contributed by atoms with Crippen LogP contribution in [-0.4, -0.2) is 9.97 Å². The lowest BCUT2D eigenvalue weighted by molar-refractivity contribution is 0.306. The minimum absolute atomic E-state index is 0.122. The number of aromatic nitrogens is 2. The van der Waals surface area contributed by atoms with Crippen LogP contribution in [0, 0.1) is 6.92 Å². The zero-order valence-corrected chi connectivity index (χ0v) is 13.9. The van der Waals surface area contributed by atoms with Crippen LogP contribution < -0.4 is 15.8 Å². The van der Waals surface area contributed by atoms with Crippen LogP contribution in [-0.2, 0) is 6.61 Å². The molecule has 0 atom stereocenters. The third-order valence-corrected chi connectivity index (χ3v) is 3.50. The number of aryl methyl sites for hydroxylation is 1. The molecular formula is C18H17ClN4O. The first-order valence-electron chi connectivity index (χ1n) is 7.44. The fourth-order valence-electron chi connectivity index (χ4n) is 2.28. The Morgan fingerprint density at radius 1 is 1.08 bits per heavy atom. The Morgan fingerprint density at radius 2 is 1.92 bits per heavy atom. The highest BCUT2D eigenvalue weighted by atomic mass is 35.5. The van der Waals surface area contributed by atoms with Crippen molar-refractivity contribution in [2.24, 2.45) is 0 Å². The summed E-state index contributed by atoms with van der Waals surface area (Å²) in [4.78, 5) is 7.92. The zero-order chi connectivity index (χ0) is 16.9. The van der Waals surface area contributed by atoms with Crippen molar-refractivity contribution in [3.63, 3.8) is 0 Å². The fourth-order valence-corrected chi connectivity index (χ4v) is 2.47. The van der Waals surface area contributed by atoms with Gasteiger partial charge in [-0.3, -0.25) is 0 Å². The number of halogens is 1. The van der Waals surface area contributed by atoms with Gasteiger partial charge in [0.15, 0.2) is 0 Å². The van der Waals surface area contributed by atoms with E-state index in [1.54, 1.807) is 6.07 Å². The topological polar surface area (TPSA) is 73.1 Å². The summed E-state index contributed by atoms with van der Waals surface area (Å²) in [7, 11) is 0. The molecule has 1 aromatic heterocycles. The van der Waals surface area contributed by atoms with Crippen molar-refractivity contribution >= 4 is 29.1 Å². The van der Waals surface area contributed by atoms with E-state index in [1.807, 2.05) is 36.4 Å². The van der Waals surface area contributed by atoms with E-state index in [0.717, 1.165) is 17.0 Å². The Morgan fingerprint density at radius 3 is 2.71 bits per heavy atom. The van der Waals surface area contributed by atoms with Gasteiger partial charge in [-0.15, -0.1) is 0 Å². The van der Waals surface area contributed by atoms with Gasteiger partial charge in [-0.1, -0.05) is 47.5 Å². The molecule has 2 aromatic carbocycles. The first-order chi connectivity index (χ1) is 11.6. The summed E-state index contributed by atoms with van der Waals surface area (Å²) < 4.78 is 5.85. The molecule has 0 saturated heterocycles. The number of nitrogens with zero attached hydrogens (tertiary/aromatic N) is 2. The summed E-state index contributed by atoms with van der Waals surface area (Å²) in [6.45, 7) is 2.57. The average Bonchev–Trinajstić information content (AvgIpc) is 2.52. The predicted octanol–water partition coefficient (Wildman–Crippen LogP) is 4.34. The Labute approximate surface area is 145 Å². The summed E-state index contributed by atoms with van der Waals surface area (Å²) in [5.74, 6) is 1.41. The molecule has 1 heterocycles. The molecule has 0 saturated carbocycles. The third-order valence-electron chi connectivity index (χ3n) is 3.31. The van der Waals surface area contributed by atoms with Crippen molar-refractivity contribution in [1.29, 1.82) is 0 Å². The Kier molecular flexibility index (Phi) is 4.82. The van der Waals surface area contributed by atoms with Crippen LogP contribution in [0.5, 0.6) is 5.75 Å². The molecule has 24 heavy (non-hydrogen) atoms. The van der Waals surface area contributed by atoms with Crippen molar-refractivity contribution < 1.29 is 4.74 Å². The molecule has 6 heteroatoms. The molecule has 0 spiro atoms.